The molecule has 0 saturated carbocycles. The lowest BCUT2D eigenvalue weighted by atomic mass is 10.0. The molecule has 2 aromatic heterocycles. The second-order valence-electron chi connectivity index (χ2n) is 4.35. The summed E-state index contributed by atoms with van der Waals surface area (Å²) in [6, 6.07) is 0. The summed E-state index contributed by atoms with van der Waals surface area (Å²) in [5.41, 5.74) is 5.42. The highest BCUT2D eigenvalue weighted by Crippen LogP contribution is 2.27. The van der Waals surface area contributed by atoms with Gasteiger partial charge in [-0.2, -0.15) is 5.10 Å². The highest BCUT2D eigenvalue weighted by atomic mass is 15.1. The fraction of sp³-hybridized carbons (Fsp3) is 0.462. The molecule has 0 aliphatic rings. The third kappa shape index (κ3) is 2.20. The van der Waals surface area contributed by atoms with Crippen LogP contribution in [0.2, 0.25) is 0 Å². The van der Waals surface area contributed by atoms with Crippen molar-refractivity contribution in [2.24, 2.45) is 0 Å². The number of H-pyrrole nitrogens is 1. The van der Waals surface area contributed by atoms with Crippen LogP contribution in [0.15, 0.2) is 6.20 Å². The molecule has 17 heavy (non-hydrogen) atoms. The van der Waals surface area contributed by atoms with Gasteiger partial charge in [-0.05, 0) is 32.8 Å². The summed E-state index contributed by atoms with van der Waals surface area (Å²) in [4.78, 5) is 8.87. The summed E-state index contributed by atoms with van der Waals surface area (Å²) >= 11 is 0. The molecule has 0 radical (unpaired) electrons. The van der Waals surface area contributed by atoms with E-state index in [0.717, 1.165) is 41.3 Å². The number of aryl methyl sites for hydroxylation is 4. The molecule has 0 spiro atoms. The Labute approximate surface area is 102 Å². The number of aromatic nitrogens is 4. The SMILES string of the molecule is CCCc1cnc(C)nc1-c1c(C)n[nH]c1C. The van der Waals surface area contributed by atoms with Crippen LogP contribution in [-0.4, -0.2) is 20.2 Å². The molecule has 1 N–H and O–H groups in total. The molecule has 0 saturated heterocycles. The van der Waals surface area contributed by atoms with E-state index in [1.54, 1.807) is 0 Å². The van der Waals surface area contributed by atoms with Crippen molar-refractivity contribution >= 4 is 0 Å². The molecule has 4 heteroatoms. The predicted molar refractivity (Wildman–Crippen MR) is 67.8 cm³/mol. The zero-order chi connectivity index (χ0) is 12.4. The second kappa shape index (κ2) is 4.65. The first-order valence-corrected chi connectivity index (χ1v) is 5.98. The Hall–Kier alpha value is -1.71. The van der Waals surface area contributed by atoms with Crippen molar-refractivity contribution < 1.29 is 0 Å². The van der Waals surface area contributed by atoms with Crippen LogP contribution in [0.4, 0.5) is 0 Å². The normalized spacial score (nSPS) is 10.8. The summed E-state index contributed by atoms with van der Waals surface area (Å²) in [6.07, 6.45) is 4.03. The topological polar surface area (TPSA) is 54.5 Å². The molecule has 0 unspecified atom stereocenters. The first-order chi connectivity index (χ1) is 8.13. The van der Waals surface area contributed by atoms with E-state index in [-0.39, 0.29) is 0 Å². The third-order valence-corrected chi connectivity index (χ3v) is 2.87. The summed E-state index contributed by atoms with van der Waals surface area (Å²) < 4.78 is 0. The molecule has 2 rings (SSSR count). The Balaban J connectivity index is 2.60. The van der Waals surface area contributed by atoms with Crippen LogP contribution in [0.3, 0.4) is 0 Å². The van der Waals surface area contributed by atoms with Gasteiger partial charge in [0.2, 0.25) is 0 Å². The van der Waals surface area contributed by atoms with Gasteiger partial charge in [0.15, 0.2) is 0 Å². The number of aromatic amines is 1. The second-order valence-corrected chi connectivity index (χ2v) is 4.35. The fourth-order valence-corrected chi connectivity index (χ4v) is 2.06. The van der Waals surface area contributed by atoms with E-state index in [2.05, 4.69) is 27.1 Å². The molecule has 2 heterocycles. The van der Waals surface area contributed by atoms with Gasteiger partial charge in [-0.1, -0.05) is 13.3 Å². The minimum absolute atomic E-state index is 0.805. The zero-order valence-corrected chi connectivity index (χ0v) is 10.8. The Morgan fingerprint density at radius 1 is 1.24 bits per heavy atom. The van der Waals surface area contributed by atoms with Crippen LogP contribution in [0.25, 0.3) is 11.3 Å². The van der Waals surface area contributed by atoms with Crippen molar-refractivity contribution in [2.45, 2.75) is 40.5 Å². The lowest BCUT2D eigenvalue weighted by Crippen LogP contribution is -1.99. The molecule has 0 aromatic carbocycles. The lowest BCUT2D eigenvalue weighted by Gasteiger charge is -2.08. The van der Waals surface area contributed by atoms with E-state index >= 15 is 0 Å². The fourth-order valence-electron chi connectivity index (χ4n) is 2.06. The summed E-state index contributed by atoms with van der Waals surface area (Å²) in [5.74, 6) is 0.805. The average molecular weight is 230 g/mol. The first-order valence-electron chi connectivity index (χ1n) is 5.98. The van der Waals surface area contributed by atoms with Gasteiger partial charge in [0.25, 0.3) is 0 Å². The third-order valence-electron chi connectivity index (χ3n) is 2.87. The maximum absolute atomic E-state index is 4.58. The Bertz CT molecular complexity index is 509. The molecule has 0 fully saturated rings. The molecular formula is C13H18N4. The molecule has 0 aliphatic carbocycles. The molecule has 4 nitrogen and oxygen atoms in total. The van der Waals surface area contributed by atoms with Crippen molar-refractivity contribution in [3.8, 4) is 11.3 Å². The molecular weight excluding hydrogens is 212 g/mol. The van der Waals surface area contributed by atoms with Crippen LogP contribution >= 0.6 is 0 Å². The van der Waals surface area contributed by atoms with Crippen LogP contribution in [0, 0.1) is 20.8 Å². The summed E-state index contributed by atoms with van der Waals surface area (Å²) in [5, 5.41) is 7.25. The Kier molecular flexibility index (Phi) is 3.22. The Morgan fingerprint density at radius 3 is 2.59 bits per heavy atom. The summed E-state index contributed by atoms with van der Waals surface area (Å²) in [6.45, 7) is 8.12. The van der Waals surface area contributed by atoms with Gasteiger partial charge >= 0.3 is 0 Å². The number of hydrogen-bond donors (Lipinski definition) is 1. The Morgan fingerprint density at radius 2 is 2.00 bits per heavy atom. The molecule has 0 amide bonds. The van der Waals surface area contributed by atoms with Gasteiger partial charge in [-0.15, -0.1) is 0 Å². The highest BCUT2D eigenvalue weighted by molar-refractivity contribution is 5.67. The van der Waals surface area contributed by atoms with Crippen LogP contribution in [0.5, 0.6) is 0 Å². The van der Waals surface area contributed by atoms with Crippen molar-refractivity contribution in [3.63, 3.8) is 0 Å². The van der Waals surface area contributed by atoms with Crippen molar-refractivity contribution in [1.29, 1.82) is 0 Å². The van der Waals surface area contributed by atoms with E-state index in [4.69, 9.17) is 0 Å². The monoisotopic (exact) mass is 230 g/mol. The molecule has 0 bridgehead atoms. The van der Waals surface area contributed by atoms with Crippen LogP contribution < -0.4 is 0 Å². The van der Waals surface area contributed by atoms with Gasteiger partial charge in [0.1, 0.15) is 5.82 Å². The largest absolute Gasteiger partial charge is 0.282 e. The van der Waals surface area contributed by atoms with E-state index in [9.17, 15) is 0 Å². The van der Waals surface area contributed by atoms with Crippen molar-refractivity contribution in [1.82, 2.24) is 20.2 Å². The molecule has 0 atom stereocenters. The minimum atomic E-state index is 0.805. The van der Waals surface area contributed by atoms with Gasteiger partial charge in [-0.3, -0.25) is 5.10 Å². The molecule has 2 aromatic rings. The van der Waals surface area contributed by atoms with E-state index in [0.29, 0.717) is 0 Å². The van der Waals surface area contributed by atoms with Gasteiger partial charge < -0.3 is 0 Å². The molecule has 90 valence electrons. The van der Waals surface area contributed by atoms with E-state index in [1.807, 2.05) is 27.0 Å². The average Bonchev–Trinajstić information content (AvgIpc) is 2.62. The number of nitrogens with zero attached hydrogens (tertiary/aromatic N) is 3. The maximum atomic E-state index is 4.58. The van der Waals surface area contributed by atoms with E-state index < -0.39 is 0 Å². The van der Waals surface area contributed by atoms with Crippen LogP contribution in [0.1, 0.15) is 36.1 Å². The smallest absolute Gasteiger partial charge is 0.125 e. The van der Waals surface area contributed by atoms with Gasteiger partial charge in [-0.25, -0.2) is 9.97 Å². The van der Waals surface area contributed by atoms with E-state index in [1.165, 1.54) is 5.56 Å². The maximum Gasteiger partial charge on any atom is 0.125 e. The van der Waals surface area contributed by atoms with Crippen LogP contribution in [-0.2, 0) is 6.42 Å². The first kappa shape index (κ1) is 11.8. The number of nitrogens with one attached hydrogen (secondary N) is 1. The summed E-state index contributed by atoms with van der Waals surface area (Å²) in [7, 11) is 0. The highest BCUT2D eigenvalue weighted by Gasteiger charge is 2.14. The zero-order valence-electron chi connectivity index (χ0n) is 10.8. The van der Waals surface area contributed by atoms with Gasteiger partial charge in [0, 0.05) is 17.5 Å². The minimum Gasteiger partial charge on any atom is -0.282 e. The van der Waals surface area contributed by atoms with Crippen molar-refractivity contribution in [3.05, 3.63) is 29.0 Å². The standard InChI is InChI=1S/C13H18N4/c1-5-6-11-7-14-10(4)15-13(11)12-8(2)16-17-9(12)3/h7H,5-6H2,1-4H3,(H,16,17). The number of hydrogen-bond acceptors (Lipinski definition) is 3. The lowest BCUT2D eigenvalue weighted by molar-refractivity contribution is 0.893. The predicted octanol–water partition coefficient (Wildman–Crippen LogP) is 2.74. The quantitative estimate of drug-likeness (QED) is 0.882. The van der Waals surface area contributed by atoms with Gasteiger partial charge in [0.05, 0.1) is 11.4 Å². The molecule has 0 aliphatic heterocycles. The number of rotatable bonds is 3. The van der Waals surface area contributed by atoms with Crippen molar-refractivity contribution in [2.75, 3.05) is 0 Å².